The zero-order valence-electron chi connectivity index (χ0n) is 21.1. The van der Waals surface area contributed by atoms with Crippen molar-refractivity contribution < 1.29 is 4.79 Å². The summed E-state index contributed by atoms with van der Waals surface area (Å²) in [6.07, 6.45) is 6.73. The van der Waals surface area contributed by atoms with Crippen LogP contribution in [0.5, 0.6) is 0 Å². The minimum atomic E-state index is 0.102. The van der Waals surface area contributed by atoms with Crippen LogP contribution in [0.25, 0.3) is 0 Å². The minimum Gasteiger partial charge on any atom is -0.350 e. The van der Waals surface area contributed by atoms with E-state index in [4.69, 9.17) is 0 Å². The number of hydrogen-bond donors (Lipinski definition) is 1. The third kappa shape index (κ3) is 8.06. The third-order valence-corrected chi connectivity index (χ3v) is 9.16. The molecule has 1 heterocycles. The molecular formula is C28H40N2OS2. The number of carbonyl (C=O) groups excluding carboxylic acids is 1. The molecule has 1 aliphatic carbocycles. The van der Waals surface area contributed by atoms with Crippen molar-refractivity contribution in [2.75, 3.05) is 5.75 Å². The normalized spacial score (nSPS) is 19.3. The lowest BCUT2D eigenvalue weighted by Crippen LogP contribution is -2.29. The highest BCUT2D eigenvalue weighted by Gasteiger charge is 2.28. The van der Waals surface area contributed by atoms with E-state index in [9.17, 15) is 4.79 Å². The van der Waals surface area contributed by atoms with E-state index in [-0.39, 0.29) is 16.7 Å². The van der Waals surface area contributed by atoms with E-state index >= 15 is 0 Å². The molecule has 0 radical (unpaired) electrons. The topological polar surface area (TPSA) is 42.0 Å². The number of benzene rings is 1. The van der Waals surface area contributed by atoms with Crippen LogP contribution in [0.15, 0.2) is 47.5 Å². The van der Waals surface area contributed by atoms with Gasteiger partial charge in [0.25, 0.3) is 0 Å². The van der Waals surface area contributed by atoms with Gasteiger partial charge >= 0.3 is 0 Å². The summed E-state index contributed by atoms with van der Waals surface area (Å²) in [7, 11) is 0. The van der Waals surface area contributed by atoms with Crippen LogP contribution >= 0.6 is 23.5 Å². The van der Waals surface area contributed by atoms with Crippen LogP contribution < -0.4 is 5.32 Å². The maximum atomic E-state index is 12.5. The Kier molecular flexibility index (Phi) is 8.96. The maximum absolute atomic E-state index is 12.5. The van der Waals surface area contributed by atoms with Gasteiger partial charge < -0.3 is 5.32 Å². The first-order valence-electron chi connectivity index (χ1n) is 12.1. The SMILES string of the molecule is CC(C)(C)c1cc(SC2CCCCC2SCC(=O)NCc2ccccn2)cc(C(C)(C)C)c1. The number of aromatic nitrogens is 1. The molecule has 0 spiro atoms. The summed E-state index contributed by atoms with van der Waals surface area (Å²) >= 11 is 3.87. The standard InChI is InChI=1S/C28H40N2OS2/c1-27(2,3)20-15-21(28(4,5)6)17-23(16-20)33-25-13-8-7-12-24(25)32-19-26(31)30-18-22-11-9-10-14-29-22/h9-11,14-17,24-25H,7-8,12-13,18-19H2,1-6H3,(H,30,31). The molecule has 1 aromatic heterocycles. The van der Waals surface area contributed by atoms with Gasteiger partial charge in [-0.15, -0.1) is 23.5 Å². The van der Waals surface area contributed by atoms with E-state index < -0.39 is 0 Å². The van der Waals surface area contributed by atoms with Crippen molar-refractivity contribution in [2.45, 2.75) is 100.0 Å². The summed E-state index contributed by atoms with van der Waals surface area (Å²) in [5.74, 6) is 0.619. The number of pyridine rings is 1. The number of amides is 1. The number of thioether (sulfide) groups is 2. The molecule has 3 nitrogen and oxygen atoms in total. The predicted octanol–water partition coefficient (Wildman–Crippen LogP) is 7.13. The van der Waals surface area contributed by atoms with Crippen LogP contribution in [-0.4, -0.2) is 27.1 Å². The molecule has 1 aliphatic rings. The summed E-state index contributed by atoms with van der Waals surface area (Å²) in [4.78, 5) is 18.1. The van der Waals surface area contributed by atoms with Crippen LogP contribution in [0.1, 0.15) is 84.0 Å². The van der Waals surface area contributed by atoms with Crippen LogP contribution in [-0.2, 0) is 22.2 Å². The first kappa shape index (κ1) is 26.2. The fraction of sp³-hybridized carbons (Fsp3) is 0.571. The average Bonchev–Trinajstić information content (AvgIpc) is 2.76. The minimum absolute atomic E-state index is 0.102. The van der Waals surface area contributed by atoms with Gasteiger partial charge in [0.05, 0.1) is 18.0 Å². The Hall–Kier alpha value is -1.46. The molecule has 5 heteroatoms. The second kappa shape index (κ2) is 11.3. The number of carbonyl (C=O) groups is 1. The quantitative estimate of drug-likeness (QED) is 0.454. The van der Waals surface area contributed by atoms with Gasteiger partial charge in [-0.05, 0) is 59.1 Å². The van der Waals surface area contributed by atoms with E-state index in [1.54, 1.807) is 6.20 Å². The molecule has 33 heavy (non-hydrogen) atoms. The Balaban J connectivity index is 1.64. The molecule has 3 rings (SSSR count). The van der Waals surface area contributed by atoms with Gasteiger partial charge in [-0.2, -0.15) is 0 Å². The molecule has 1 N–H and O–H groups in total. The summed E-state index contributed by atoms with van der Waals surface area (Å²) in [5, 5.41) is 4.09. The van der Waals surface area contributed by atoms with Gasteiger partial charge in [-0.25, -0.2) is 0 Å². The Morgan fingerprint density at radius 1 is 0.970 bits per heavy atom. The first-order chi connectivity index (χ1) is 15.5. The monoisotopic (exact) mass is 484 g/mol. The molecule has 2 aromatic rings. The summed E-state index contributed by atoms with van der Waals surface area (Å²) in [5.41, 5.74) is 3.97. The van der Waals surface area contributed by atoms with E-state index in [2.05, 4.69) is 70.0 Å². The summed E-state index contributed by atoms with van der Waals surface area (Å²) < 4.78 is 0. The Labute approximate surface area is 209 Å². The molecule has 1 aromatic carbocycles. The van der Waals surface area contributed by atoms with Crippen LogP contribution in [0.4, 0.5) is 0 Å². The van der Waals surface area contributed by atoms with E-state index in [0.29, 0.717) is 22.8 Å². The molecule has 2 atom stereocenters. The van der Waals surface area contributed by atoms with E-state index in [0.717, 1.165) is 5.69 Å². The average molecular weight is 485 g/mol. The van der Waals surface area contributed by atoms with Gasteiger partial charge in [0, 0.05) is 21.6 Å². The maximum Gasteiger partial charge on any atom is 0.230 e. The van der Waals surface area contributed by atoms with Crippen LogP contribution in [0.2, 0.25) is 0 Å². The van der Waals surface area contributed by atoms with Gasteiger partial charge in [0.2, 0.25) is 5.91 Å². The van der Waals surface area contributed by atoms with Crippen molar-refractivity contribution in [1.82, 2.24) is 10.3 Å². The molecular weight excluding hydrogens is 444 g/mol. The molecule has 1 amide bonds. The number of nitrogens with zero attached hydrogens (tertiary/aromatic N) is 1. The lowest BCUT2D eigenvalue weighted by atomic mass is 9.81. The fourth-order valence-corrected chi connectivity index (χ4v) is 6.89. The van der Waals surface area contributed by atoms with E-state index in [1.165, 1.54) is 41.7 Å². The highest BCUT2D eigenvalue weighted by molar-refractivity contribution is 8.04. The fourth-order valence-electron chi connectivity index (χ4n) is 4.02. The third-order valence-electron chi connectivity index (χ3n) is 6.19. The summed E-state index contributed by atoms with van der Waals surface area (Å²) in [6.45, 7) is 14.3. The molecule has 1 saturated carbocycles. The first-order valence-corrected chi connectivity index (χ1v) is 14.1. The van der Waals surface area contributed by atoms with Crippen molar-refractivity contribution in [2.24, 2.45) is 0 Å². The highest BCUT2D eigenvalue weighted by Crippen LogP contribution is 2.42. The van der Waals surface area contributed by atoms with Crippen molar-refractivity contribution in [3.63, 3.8) is 0 Å². The lowest BCUT2D eigenvalue weighted by molar-refractivity contribution is -0.118. The number of rotatable bonds is 7. The van der Waals surface area contributed by atoms with Gasteiger partial charge in [-0.3, -0.25) is 9.78 Å². The number of nitrogens with one attached hydrogen (secondary N) is 1. The number of hydrogen-bond acceptors (Lipinski definition) is 4. The second-order valence-corrected chi connectivity index (χ2v) is 13.7. The second-order valence-electron chi connectivity index (χ2n) is 11.1. The smallest absolute Gasteiger partial charge is 0.230 e. The van der Waals surface area contributed by atoms with Crippen LogP contribution in [0.3, 0.4) is 0 Å². The van der Waals surface area contributed by atoms with Crippen molar-refractivity contribution in [3.8, 4) is 0 Å². The highest BCUT2D eigenvalue weighted by atomic mass is 32.2. The summed E-state index contributed by atoms with van der Waals surface area (Å²) in [6, 6.07) is 13.0. The predicted molar refractivity (Wildman–Crippen MR) is 144 cm³/mol. The van der Waals surface area contributed by atoms with Gasteiger partial charge in [0.1, 0.15) is 0 Å². The van der Waals surface area contributed by atoms with Gasteiger partial charge in [-0.1, -0.05) is 66.5 Å². The molecule has 0 saturated heterocycles. The van der Waals surface area contributed by atoms with Crippen molar-refractivity contribution in [1.29, 1.82) is 0 Å². The van der Waals surface area contributed by atoms with Crippen LogP contribution in [0, 0.1) is 0 Å². The Morgan fingerprint density at radius 2 is 1.61 bits per heavy atom. The Bertz CT molecular complexity index is 883. The zero-order valence-corrected chi connectivity index (χ0v) is 22.7. The molecule has 0 aliphatic heterocycles. The Morgan fingerprint density at radius 3 is 2.18 bits per heavy atom. The van der Waals surface area contributed by atoms with Crippen molar-refractivity contribution in [3.05, 3.63) is 59.4 Å². The molecule has 180 valence electrons. The largest absolute Gasteiger partial charge is 0.350 e. The van der Waals surface area contributed by atoms with E-state index in [1.807, 2.05) is 41.7 Å². The van der Waals surface area contributed by atoms with Gasteiger partial charge in [0.15, 0.2) is 0 Å². The molecule has 2 unspecified atom stereocenters. The van der Waals surface area contributed by atoms with Crippen molar-refractivity contribution >= 4 is 29.4 Å². The molecule has 0 bridgehead atoms. The zero-order chi connectivity index (χ0) is 24.1. The lowest BCUT2D eigenvalue weighted by Gasteiger charge is -2.32. The molecule has 1 fully saturated rings.